The number of aliphatic hydroxyl groups excluding tert-OH is 1. The van der Waals surface area contributed by atoms with E-state index < -0.39 is 5.97 Å². The van der Waals surface area contributed by atoms with Gasteiger partial charge in [-0.3, -0.25) is 4.79 Å². The number of carbonyl (C=O) groups is 2. The molecule has 0 bridgehead atoms. The summed E-state index contributed by atoms with van der Waals surface area (Å²) in [5.41, 5.74) is 0.0443. The lowest BCUT2D eigenvalue weighted by atomic mass is 9.62. The Morgan fingerprint density at radius 3 is 2.94 bits per heavy atom. The molecule has 0 aromatic rings. The number of hydrogen-bond acceptors (Lipinski definition) is 4. The van der Waals surface area contributed by atoms with E-state index in [0.717, 1.165) is 6.42 Å². The Kier molecular flexibility index (Phi) is 2.81. The van der Waals surface area contributed by atoms with Gasteiger partial charge in [-0.05, 0) is 17.9 Å². The van der Waals surface area contributed by atoms with E-state index in [4.69, 9.17) is 4.74 Å². The van der Waals surface area contributed by atoms with Crippen LogP contribution >= 0.6 is 0 Å². The Morgan fingerprint density at radius 1 is 1.59 bits per heavy atom. The van der Waals surface area contributed by atoms with Gasteiger partial charge in [0.2, 0.25) is 0 Å². The molecule has 17 heavy (non-hydrogen) atoms. The van der Waals surface area contributed by atoms with Crippen molar-refractivity contribution in [2.75, 3.05) is 7.11 Å². The molecule has 0 heterocycles. The highest BCUT2D eigenvalue weighted by Gasteiger charge is 2.45. The maximum Gasteiger partial charge on any atom is 0.337 e. The highest BCUT2D eigenvalue weighted by Crippen LogP contribution is 2.48. The molecule has 0 aromatic carbocycles. The first-order valence-electron chi connectivity index (χ1n) is 5.70. The maximum absolute atomic E-state index is 11.7. The molecule has 0 saturated carbocycles. The topological polar surface area (TPSA) is 63.6 Å². The van der Waals surface area contributed by atoms with E-state index in [1.54, 1.807) is 6.08 Å². The van der Waals surface area contributed by atoms with Crippen molar-refractivity contribution >= 4 is 11.8 Å². The molecule has 92 valence electrons. The summed E-state index contributed by atoms with van der Waals surface area (Å²) in [6.07, 6.45) is 4.90. The first kappa shape index (κ1) is 11.9. The lowest BCUT2D eigenvalue weighted by Gasteiger charge is -2.41. The first-order valence-corrected chi connectivity index (χ1v) is 5.70. The summed E-state index contributed by atoms with van der Waals surface area (Å²) in [6, 6.07) is 0. The van der Waals surface area contributed by atoms with E-state index in [0.29, 0.717) is 6.42 Å². The number of aliphatic hydroxyl groups is 1. The number of ether oxygens (including phenoxy) is 1. The highest BCUT2D eigenvalue weighted by molar-refractivity contribution is 5.95. The molecule has 0 spiro atoms. The lowest BCUT2D eigenvalue weighted by molar-refractivity contribution is -0.138. The Balaban J connectivity index is 2.46. The first-order chi connectivity index (χ1) is 7.98. The second kappa shape index (κ2) is 4.02. The van der Waals surface area contributed by atoms with Crippen molar-refractivity contribution in [3.05, 3.63) is 23.5 Å². The van der Waals surface area contributed by atoms with Crippen LogP contribution in [0.15, 0.2) is 23.5 Å². The maximum atomic E-state index is 11.7. The van der Waals surface area contributed by atoms with Crippen LogP contribution in [0.25, 0.3) is 0 Å². The molecule has 2 aliphatic carbocycles. The van der Waals surface area contributed by atoms with Gasteiger partial charge in [-0.2, -0.15) is 0 Å². The molecule has 2 rings (SSSR count). The van der Waals surface area contributed by atoms with Crippen molar-refractivity contribution in [2.45, 2.75) is 26.2 Å². The van der Waals surface area contributed by atoms with Crippen LogP contribution in [0.2, 0.25) is 0 Å². The van der Waals surface area contributed by atoms with E-state index in [1.165, 1.54) is 7.11 Å². The number of esters is 1. The van der Waals surface area contributed by atoms with Gasteiger partial charge in [-0.25, -0.2) is 4.79 Å². The van der Waals surface area contributed by atoms with Crippen molar-refractivity contribution in [3.63, 3.8) is 0 Å². The molecule has 0 fully saturated rings. The second-order valence-electron chi connectivity index (χ2n) is 4.91. The van der Waals surface area contributed by atoms with Crippen molar-refractivity contribution < 1.29 is 19.4 Å². The molecule has 0 aliphatic heterocycles. The zero-order valence-electron chi connectivity index (χ0n) is 10.0. The fraction of sp³-hybridized carbons (Fsp3) is 0.538. The predicted octanol–water partition coefficient (Wildman–Crippen LogP) is 1.92. The minimum Gasteiger partial charge on any atom is -0.512 e. The van der Waals surface area contributed by atoms with Crippen LogP contribution in [0.5, 0.6) is 0 Å². The van der Waals surface area contributed by atoms with E-state index in [1.807, 2.05) is 13.0 Å². The predicted molar refractivity (Wildman–Crippen MR) is 61.3 cm³/mol. The monoisotopic (exact) mass is 236 g/mol. The van der Waals surface area contributed by atoms with Gasteiger partial charge in [0.05, 0.1) is 12.7 Å². The van der Waals surface area contributed by atoms with Gasteiger partial charge >= 0.3 is 5.97 Å². The number of fused-ring (bicyclic) bond motifs is 1. The molecule has 2 atom stereocenters. The third-order valence-corrected chi connectivity index (χ3v) is 3.82. The smallest absolute Gasteiger partial charge is 0.337 e. The summed E-state index contributed by atoms with van der Waals surface area (Å²) in [4.78, 5) is 23.2. The van der Waals surface area contributed by atoms with E-state index in [2.05, 4.69) is 0 Å². The minimum absolute atomic E-state index is 0.0106. The molecule has 0 amide bonds. The quantitative estimate of drug-likeness (QED) is 0.706. The van der Waals surface area contributed by atoms with Crippen molar-refractivity contribution in [3.8, 4) is 0 Å². The van der Waals surface area contributed by atoms with Crippen LogP contribution in [0.1, 0.15) is 26.2 Å². The Hall–Kier alpha value is -1.58. The number of carbonyl (C=O) groups excluding carboxylic acids is 2. The van der Waals surface area contributed by atoms with Crippen LogP contribution < -0.4 is 0 Å². The van der Waals surface area contributed by atoms with Gasteiger partial charge < -0.3 is 9.84 Å². The van der Waals surface area contributed by atoms with Gasteiger partial charge in [0, 0.05) is 18.8 Å². The number of hydrogen-bond donors (Lipinski definition) is 1. The van der Waals surface area contributed by atoms with Crippen molar-refractivity contribution in [2.24, 2.45) is 11.3 Å². The zero-order valence-corrected chi connectivity index (χ0v) is 10.0. The Morgan fingerprint density at radius 2 is 2.29 bits per heavy atom. The van der Waals surface area contributed by atoms with E-state index >= 15 is 0 Å². The average Bonchev–Trinajstić information content (AvgIpc) is 2.31. The molecule has 4 heteroatoms. The number of rotatable bonds is 1. The van der Waals surface area contributed by atoms with Crippen LogP contribution in [0, 0.1) is 11.3 Å². The molecule has 4 nitrogen and oxygen atoms in total. The zero-order chi connectivity index (χ0) is 12.6. The third kappa shape index (κ3) is 1.88. The summed E-state index contributed by atoms with van der Waals surface area (Å²) in [6.45, 7) is 2.01. The van der Waals surface area contributed by atoms with Crippen molar-refractivity contribution in [1.82, 2.24) is 0 Å². The molecule has 1 N–H and O–H groups in total. The molecule has 2 aliphatic rings. The normalized spacial score (nSPS) is 32.4. The van der Waals surface area contributed by atoms with Crippen LogP contribution in [-0.2, 0) is 14.3 Å². The average molecular weight is 236 g/mol. The largest absolute Gasteiger partial charge is 0.512 e. The minimum atomic E-state index is -0.526. The molecular formula is C13H16O4. The van der Waals surface area contributed by atoms with Gasteiger partial charge in [-0.1, -0.05) is 13.0 Å². The van der Waals surface area contributed by atoms with Crippen LogP contribution in [0.3, 0.4) is 0 Å². The summed E-state index contributed by atoms with van der Waals surface area (Å²) in [5, 5.41) is 9.85. The molecule has 0 aromatic heterocycles. The second-order valence-corrected chi connectivity index (χ2v) is 4.91. The third-order valence-electron chi connectivity index (χ3n) is 3.82. The van der Waals surface area contributed by atoms with Crippen LogP contribution in [-0.4, -0.2) is 24.0 Å². The van der Waals surface area contributed by atoms with E-state index in [-0.39, 0.29) is 34.9 Å². The highest BCUT2D eigenvalue weighted by atomic mass is 16.5. The Bertz CT molecular complexity index is 433. The summed E-state index contributed by atoms with van der Waals surface area (Å²) in [7, 11) is 1.29. The lowest BCUT2D eigenvalue weighted by Crippen LogP contribution is -2.38. The summed E-state index contributed by atoms with van der Waals surface area (Å²) >= 11 is 0. The Labute approximate surface area is 100.0 Å². The summed E-state index contributed by atoms with van der Waals surface area (Å²) in [5.74, 6) is -0.728. The number of allylic oxidation sites excluding steroid dienone is 3. The standard InChI is InChI=1S/C13H16O4/c1-13-5-3-8(14)7-9(13)11(12(16)17-2)10(15)4-6-13/h3,5,9,15H,4,6-7H2,1-2H3/t9-,13+/m1/s1. The molecule has 0 radical (unpaired) electrons. The molecule has 0 saturated heterocycles. The van der Waals surface area contributed by atoms with Gasteiger partial charge in [0.15, 0.2) is 5.78 Å². The van der Waals surface area contributed by atoms with Gasteiger partial charge in [0.1, 0.15) is 5.76 Å². The van der Waals surface area contributed by atoms with E-state index in [9.17, 15) is 14.7 Å². The van der Waals surface area contributed by atoms with Crippen LogP contribution in [0.4, 0.5) is 0 Å². The van der Waals surface area contributed by atoms with Gasteiger partial charge in [0.25, 0.3) is 0 Å². The fourth-order valence-electron chi connectivity index (χ4n) is 2.68. The van der Waals surface area contributed by atoms with Gasteiger partial charge in [-0.15, -0.1) is 0 Å². The fourth-order valence-corrected chi connectivity index (χ4v) is 2.68. The number of ketones is 1. The number of methoxy groups -OCH3 is 1. The molecular weight excluding hydrogens is 220 g/mol. The molecule has 0 unspecified atom stereocenters. The SMILES string of the molecule is COC(=O)C1=C(O)CC[C@]2(C)C=CC(=O)C[C@H]12. The van der Waals surface area contributed by atoms with Crippen molar-refractivity contribution in [1.29, 1.82) is 0 Å². The summed E-state index contributed by atoms with van der Waals surface area (Å²) < 4.78 is 4.70.